The van der Waals surface area contributed by atoms with Crippen LogP contribution in [0.5, 0.6) is 0 Å². The monoisotopic (exact) mass is 1070 g/mol. The summed E-state index contributed by atoms with van der Waals surface area (Å²) in [4.78, 5) is 166. The Morgan fingerprint density at radius 2 is 0.760 bits per heavy atom. The fraction of sp³-hybridized carbons (Fsp3) is 0.717. The van der Waals surface area contributed by atoms with Crippen molar-refractivity contribution < 1.29 is 82.8 Å². The molecule has 0 rings (SSSR count). The van der Waals surface area contributed by atoms with Gasteiger partial charge in [-0.3, -0.25) is 57.5 Å². The second-order valence-corrected chi connectivity index (χ2v) is 18.8. The van der Waals surface area contributed by atoms with Gasteiger partial charge in [-0.15, -0.1) is 0 Å². The molecule has 0 aliphatic carbocycles. The zero-order chi connectivity index (χ0) is 57.5. The van der Waals surface area contributed by atoms with E-state index in [0.29, 0.717) is 19.3 Å². The van der Waals surface area contributed by atoms with Gasteiger partial charge in [0, 0.05) is 25.7 Å². The summed E-state index contributed by atoms with van der Waals surface area (Å²) in [5.41, 5.74) is 22.2. The van der Waals surface area contributed by atoms with Crippen LogP contribution in [0, 0.1) is 11.8 Å². The number of rotatable bonds is 40. The third-order valence-electron chi connectivity index (χ3n) is 11.4. The maximum absolute atomic E-state index is 13.9. The lowest BCUT2D eigenvalue weighted by atomic mass is 10.0. The Kier molecular flexibility index (Phi) is 32.7. The van der Waals surface area contributed by atoms with E-state index in [4.69, 9.17) is 28.0 Å². The molecule has 0 saturated heterocycles. The average molecular weight is 1070 g/mol. The minimum atomic E-state index is -1.66. The predicted molar refractivity (Wildman–Crippen MR) is 266 cm³/mol. The number of carbonyl (C=O) groups excluding carboxylic acids is 9. The van der Waals surface area contributed by atoms with Crippen molar-refractivity contribution in [2.75, 3.05) is 13.1 Å². The molecule has 0 aliphatic heterocycles. The van der Waals surface area contributed by atoms with E-state index < -0.39 is 169 Å². The van der Waals surface area contributed by atoms with Crippen molar-refractivity contribution in [3.05, 3.63) is 0 Å². The molecule has 0 saturated carbocycles. The van der Waals surface area contributed by atoms with Crippen molar-refractivity contribution in [1.82, 2.24) is 42.5 Å². The number of hydrogen-bond donors (Lipinski definition) is 16. The summed E-state index contributed by atoms with van der Waals surface area (Å²) >= 11 is 0. The summed E-state index contributed by atoms with van der Waals surface area (Å²) < 4.78 is 0. The van der Waals surface area contributed by atoms with E-state index >= 15 is 0 Å². The molecular formula is C46H80N12O17. The molecule has 29 nitrogen and oxygen atoms in total. The summed E-state index contributed by atoms with van der Waals surface area (Å²) in [6, 6.07) is -13.1. The highest BCUT2D eigenvalue weighted by Crippen LogP contribution is 2.12. The normalized spacial score (nSPS) is 14.7. The smallest absolute Gasteiger partial charge is 0.326 e. The Morgan fingerprint density at radius 3 is 1.20 bits per heavy atom. The molecule has 29 heteroatoms. The van der Waals surface area contributed by atoms with Crippen LogP contribution in [0.1, 0.15) is 131 Å². The summed E-state index contributed by atoms with van der Waals surface area (Å²) in [7, 11) is 0. The molecule has 0 aliphatic rings. The molecule has 426 valence electrons. The molecule has 9 amide bonds. The minimum absolute atomic E-state index is 0.00886. The lowest BCUT2D eigenvalue weighted by Crippen LogP contribution is -2.60. The number of primary amides is 1. The zero-order valence-corrected chi connectivity index (χ0v) is 43.3. The van der Waals surface area contributed by atoms with E-state index in [0.717, 1.165) is 0 Å². The Morgan fingerprint density at radius 1 is 0.400 bits per heavy atom. The average Bonchev–Trinajstić information content (AvgIpc) is 3.31. The lowest BCUT2D eigenvalue weighted by molar-refractivity contribution is -0.143. The second kappa shape index (κ2) is 36.0. The fourth-order valence-corrected chi connectivity index (χ4v) is 7.08. The molecule has 0 radical (unpaired) electrons. The number of nitrogens with two attached hydrogens (primary N) is 4. The van der Waals surface area contributed by atoms with Crippen LogP contribution in [-0.4, -0.2) is 165 Å². The lowest BCUT2D eigenvalue weighted by Gasteiger charge is -2.28. The van der Waals surface area contributed by atoms with Gasteiger partial charge in [-0.05, 0) is 102 Å². The molecule has 0 fully saturated rings. The Bertz CT molecular complexity index is 1970. The molecule has 0 bridgehead atoms. The van der Waals surface area contributed by atoms with Crippen molar-refractivity contribution in [3.8, 4) is 0 Å². The van der Waals surface area contributed by atoms with Crippen LogP contribution in [0.2, 0.25) is 0 Å². The van der Waals surface area contributed by atoms with Crippen LogP contribution in [0.4, 0.5) is 0 Å². The first-order valence-corrected chi connectivity index (χ1v) is 24.8. The van der Waals surface area contributed by atoms with E-state index in [2.05, 4.69) is 42.5 Å². The van der Waals surface area contributed by atoms with Gasteiger partial charge in [-0.2, -0.15) is 0 Å². The summed E-state index contributed by atoms with van der Waals surface area (Å²) in [6.07, 6.45) is -2.36. The van der Waals surface area contributed by atoms with Crippen LogP contribution in [0.25, 0.3) is 0 Å². The van der Waals surface area contributed by atoms with Crippen LogP contribution < -0.4 is 65.5 Å². The van der Waals surface area contributed by atoms with Crippen molar-refractivity contribution >= 4 is 77.0 Å². The number of aliphatic carboxylic acids is 4. The highest BCUT2D eigenvalue weighted by molar-refractivity contribution is 5.98. The van der Waals surface area contributed by atoms with Gasteiger partial charge in [0.05, 0.1) is 6.04 Å². The minimum Gasteiger partial charge on any atom is -0.481 e. The zero-order valence-electron chi connectivity index (χ0n) is 43.3. The molecule has 0 aromatic heterocycles. The molecule has 0 heterocycles. The fourth-order valence-electron chi connectivity index (χ4n) is 7.08. The predicted octanol–water partition coefficient (Wildman–Crippen LogP) is -3.88. The van der Waals surface area contributed by atoms with E-state index in [-0.39, 0.29) is 64.0 Å². The third-order valence-corrected chi connectivity index (χ3v) is 11.4. The molecule has 0 unspecified atom stereocenters. The number of hydrogen-bond acceptors (Lipinski definition) is 16. The van der Waals surface area contributed by atoms with Gasteiger partial charge in [0.25, 0.3) is 0 Å². The van der Waals surface area contributed by atoms with Crippen molar-refractivity contribution in [3.63, 3.8) is 0 Å². The number of carboxylic acid groups (broad SMARTS) is 4. The molecule has 20 N–H and O–H groups in total. The first-order chi connectivity index (χ1) is 35.0. The Balaban J connectivity index is 6.48. The van der Waals surface area contributed by atoms with Gasteiger partial charge in [0.15, 0.2) is 0 Å². The highest BCUT2D eigenvalue weighted by Gasteiger charge is 2.35. The van der Waals surface area contributed by atoms with Crippen LogP contribution >= 0.6 is 0 Å². The van der Waals surface area contributed by atoms with Gasteiger partial charge in [0.1, 0.15) is 48.3 Å². The molecule has 75 heavy (non-hydrogen) atoms. The number of amides is 9. The van der Waals surface area contributed by atoms with E-state index in [1.807, 2.05) is 0 Å². The van der Waals surface area contributed by atoms with E-state index in [1.165, 1.54) is 20.8 Å². The molecule has 0 aromatic rings. The molecule has 0 aromatic carbocycles. The first-order valence-electron chi connectivity index (χ1n) is 24.8. The molecular weight excluding hydrogens is 993 g/mol. The van der Waals surface area contributed by atoms with Gasteiger partial charge in [-0.25, -0.2) is 4.79 Å². The van der Waals surface area contributed by atoms with Gasteiger partial charge in [-0.1, -0.05) is 27.7 Å². The number of carboxylic acids is 4. The Labute approximate surface area is 434 Å². The van der Waals surface area contributed by atoms with Gasteiger partial charge in [0.2, 0.25) is 53.2 Å². The third kappa shape index (κ3) is 28.9. The van der Waals surface area contributed by atoms with Gasteiger partial charge >= 0.3 is 23.9 Å². The van der Waals surface area contributed by atoms with E-state index in [9.17, 15) is 77.6 Å². The molecule has 9 atom stereocenters. The first kappa shape index (κ1) is 68.0. The summed E-state index contributed by atoms with van der Waals surface area (Å²) in [5.74, 6) is -14.9. The second-order valence-electron chi connectivity index (χ2n) is 18.8. The summed E-state index contributed by atoms with van der Waals surface area (Å²) in [6.45, 7) is 8.11. The van der Waals surface area contributed by atoms with Crippen molar-refractivity contribution in [2.45, 2.75) is 185 Å². The molecule has 0 spiro atoms. The SMILES string of the molecule is CC(C)C[C@H](NC(=O)[C@H](CCC(N)=O)NC(=O)[C@@H](N)CCC(=O)O)C(=O)N[C@@H](CCCCN)C(=O)N[C@@H](C)C(=O)N[C@@H](CCC(=O)O)C(=O)N[C@H](C(=O)N[C@@H](CCC(=O)O)C(=O)N[C@@H](CCCCN)C(=O)O)C(C)C. The standard InChI is InChI=1S/C46H80N12O17/c1-23(2)22-32(57-42(70)28(13-16-33(50)59)53-39(67)26(49)12-17-34(60)61)44(72)54-27(10-6-8-20-47)40(68)51-25(5)38(66)52-30(15-19-36(64)65)43(71)58-37(24(3)4)45(73)55-29(14-18-35(62)63)41(69)56-31(46(74)75)11-7-9-21-48/h23-32,37H,6-22,47-49H2,1-5H3,(H2,50,59)(H,51,68)(H,52,66)(H,53,67)(H,54,72)(H,55,73)(H,56,69)(H,57,70)(H,58,71)(H,60,61)(H,62,63)(H,64,65)(H,74,75)/t25-,26-,27-,28-,29-,30-,31-,32-,37-/m0/s1. The number of unbranched alkanes of at least 4 members (excludes halogenated alkanes) is 2. The largest absolute Gasteiger partial charge is 0.481 e. The number of nitrogens with one attached hydrogen (secondary N) is 8. The topological polar surface area (TPSA) is 503 Å². The van der Waals surface area contributed by atoms with Crippen molar-refractivity contribution in [1.29, 1.82) is 0 Å². The van der Waals surface area contributed by atoms with Gasteiger partial charge < -0.3 is 85.9 Å². The maximum atomic E-state index is 13.9. The van der Waals surface area contributed by atoms with Crippen molar-refractivity contribution in [2.24, 2.45) is 34.8 Å². The van der Waals surface area contributed by atoms with Crippen LogP contribution in [0.15, 0.2) is 0 Å². The highest BCUT2D eigenvalue weighted by atomic mass is 16.4. The van der Waals surface area contributed by atoms with Crippen LogP contribution in [0.3, 0.4) is 0 Å². The number of carbonyl (C=O) groups is 13. The summed E-state index contributed by atoms with van der Waals surface area (Å²) in [5, 5.41) is 56.7. The van der Waals surface area contributed by atoms with Crippen LogP contribution in [-0.2, 0) is 62.3 Å². The van der Waals surface area contributed by atoms with E-state index in [1.54, 1.807) is 13.8 Å². The quantitative estimate of drug-likeness (QED) is 0.0261. The Hall–Kier alpha value is -7.01. The maximum Gasteiger partial charge on any atom is 0.326 e.